The highest BCUT2D eigenvalue weighted by atomic mass is 19.1. The molecule has 4 aromatic rings. The molecule has 0 bridgehead atoms. The summed E-state index contributed by atoms with van der Waals surface area (Å²) in [4.78, 5) is 25.7. The van der Waals surface area contributed by atoms with Crippen molar-refractivity contribution in [2.75, 3.05) is 7.11 Å². The molecule has 0 aliphatic carbocycles. The summed E-state index contributed by atoms with van der Waals surface area (Å²) in [6.45, 7) is 0.151. The number of para-hydroxylation sites is 1. The summed E-state index contributed by atoms with van der Waals surface area (Å²) in [7, 11) is 1.40. The number of carbonyl (C=O) groups excluding carboxylic acids is 1. The van der Waals surface area contributed by atoms with E-state index < -0.39 is 17.5 Å². The topological polar surface area (TPSA) is 109 Å². The van der Waals surface area contributed by atoms with Gasteiger partial charge in [-0.2, -0.15) is 0 Å². The number of aromatic hydroxyl groups is 2. The largest absolute Gasteiger partial charge is 0.507 e. The normalized spacial score (nSPS) is 11.8. The summed E-state index contributed by atoms with van der Waals surface area (Å²) in [6, 6.07) is 16.7. The van der Waals surface area contributed by atoms with E-state index >= 15 is 0 Å². The van der Waals surface area contributed by atoms with Gasteiger partial charge in [-0.3, -0.25) is 4.79 Å². The SMILES string of the molecule is COc1ccc(C(CC(=O)NCc2ccc(F)cc2)c2c(O)c3ccccc3oc2=O)cc1O. The average Bonchev–Trinajstić information content (AvgIpc) is 2.83. The molecule has 4 rings (SSSR count). The predicted octanol–water partition coefficient (Wildman–Crippen LogP) is 4.19. The van der Waals surface area contributed by atoms with E-state index in [0.29, 0.717) is 16.5 Å². The van der Waals surface area contributed by atoms with Gasteiger partial charge in [0.25, 0.3) is 0 Å². The van der Waals surface area contributed by atoms with E-state index in [1.165, 1.54) is 31.4 Å². The van der Waals surface area contributed by atoms with Crippen molar-refractivity contribution < 1.29 is 28.6 Å². The van der Waals surface area contributed by atoms with Crippen molar-refractivity contribution in [3.05, 3.63) is 99.7 Å². The maximum Gasteiger partial charge on any atom is 0.343 e. The van der Waals surface area contributed by atoms with Crippen LogP contribution < -0.4 is 15.7 Å². The number of methoxy groups -OCH3 is 1. The number of rotatable bonds is 7. The fourth-order valence-corrected chi connectivity index (χ4v) is 3.83. The van der Waals surface area contributed by atoms with Gasteiger partial charge in [-0.05, 0) is 47.5 Å². The third-order valence-corrected chi connectivity index (χ3v) is 5.57. The molecule has 0 fully saturated rings. The first-order chi connectivity index (χ1) is 16.4. The van der Waals surface area contributed by atoms with Crippen molar-refractivity contribution in [2.24, 2.45) is 0 Å². The van der Waals surface area contributed by atoms with Crippen LogP contribution in [-0.2, 0) is 11.3 Å². The number of benzene rings is 3. The van der Waals surface area contributed by atoms with Crippen molar-refractivity contribution in [3.63, 3.8) is 0 Å². The lowest BCUT2D eigenvalue weighted by molar-refractivity contribution is -0.121. The second-order valence-electron chi connectivity index (χ2n) is 7.74. The van der Waals surface area contributed by atoms with Crippen LogP contribution in [0, 0.1) is 5.82 Å². The molecule has 0 aliphatic heterocycles. The fourth-order valence-electron chi connectivity index (χ4n) is 3.83. The van der Waals surface area contributed by atoms with E-state index in [-0.39, 0.29) is 47.2 Å². The Bertz CT molecular complexity index is 1400. The Hall–Kier alpha value is -4.33. The summed E-state index contributed by atoms with van der Waals surface area (Å²) in [5.74, 6) is -1.98. The van der Waals surface area contributed by atoms with Crippen LogP contribution in [0.25, 0.3) is 11.0 Å². The highest BCUT2D eigenvalue weighted by Gasteiger charge is 2.27. The van der Waals surface area contributed by atoms with Crippen LogP contribution in [0.15, 0.2) is 75.9 Å². The minimum Gasteiger partial charge on any atom is -0.507 e. The number of phenols is 1. The number of hydrogen-bond acceptors (Lipinski definition) is 6. The van der Waals surface area contributed by atoms with Gasteiger partial charge in [-0.1, -0.05) is 30.3 Å². The van der Waals surface area contributed by atoms with E-state index in [1.54, 1.807) is 42.5 Å². The number of halogens is 1. The van der Waals surface area contributed by atoms with E-state index in [9.17, 15) is 24.2 Å². The van der Waals surface area contributed by atoms with Gasteiger partial charge in [0, 0.05) is 18.9 Å². The van der Waals surface area contributed by atoms with Gasteiger partial charge in [0.1, 0.15) is 17.1 Å². The molecule has 1 unspecified atom stereocenters. The second kappa shape index (κ2) is 9.66. The van der Waals surface area contributed by atoms with Crippen LogP contribution in [-0.4, -0.2) is 23.2 Å². The third-order valence-electron chi connectivity index (χ3n) is 5.57. The van der Waals surface area contributed by atoms with Crippen LogP contribution in [0.3, 0.4) is 0 Å². The van der Waals surface area contributed by atoms with Crippen LogP contribution in [0.4, 0.5) is 4.39 Å². The molecule has 0 aliphatic rings. The predicted molar refractivity (Wildman–Crippen MR) is 124 cm³/mol. The number of fused-ring (bicyclic) bond motifs is 1. The van der Waals surface area contributed by atoms with Crippen molar-refractivity contribution in [2.45, 2.75) is 18.9 Å². The molecule has 0 saturated carbocycles. The van der Waals surface area contributed by atoms with Crippen molar-refractivity contribution in [1.82, 2.24) is 5.32 Å². The lowest BCUT2D eigenvalue weighted by Gasteiger charge is -2.19. The van der Waals surface area contributed by atoms with Gasteiger partial charge < -0.3 is 24.7 Å². The molecule has 3 N–H and O–H groups in total. The summed E-state index contributed by atoms with van der Waals surface area (Å²) >= 11 is 0. The number of amides is 1. The average molecular weight is 463 g/mol. The Morgan fingerprint density at radius 1 is 1.09 bits per heavy atom. The lowest BCUT2D eigenvalue weighted by Crippen LogP contribution is -2.26. The van der Waals surface area contributed by atoms with E-state index in [1.807, 2.05) is 0 Å². The van der Waals surface area contributed by atoms with Crippen LogP contribution >= 0.6 is 0 Å². The summed E-state index contributed by atoms with van der Waals surface area (Å²) < 4.78 is 23.6. The molecular weight excluding hydrogens is 441 g/mol. The summed E-state index contributed by atoms with van der Waals surface area (Å²) in [5, 5.41) is 24.3. The van der Waals surface area contributed by atoms with Crippen molar-refractivity contribution in [3.8, 4) is 17.2 Å². The summed E-state index contributed by atoms with van der Waals surface area (Å²) in [5.41, 5.74) is 0.434. The molecule has 8 heteroatoms. The zero-order valence-corrected chi connectivity index (χ0v) is 18.2. The van der Waals surface area contributed by atoms with Gasteiger partial charge in [0.05, 0.1) is 18.1 Å². The molecule has 7 nitrogen and oxygen atoms in total. The van der Waals surface area contributed by atoms with Crippen LogP contribution in [0.1, 0.15) is 29.0 Å². The first-order valence-corrected chi connectivity index (χ1v) is 10.5. The maximum absolute atomic E-state index is 13.1. The maximum atomic E-state index is 13.1. The van der Waals surface area contributed by atoms with E-state index in [0.717, 1.165) is 0 Å². The number of nitrogens with one attached hydrogen (secondary N) is 1. The van der Waals surface area contributed by atoms with Crippen molar-refractivity contribution >= 4 is 16.9 Å². The summed E-state index contributed by atoms with van der Waals surface area (Å²) in [6.07, 6.45) is -0.219. The molecule has 1 atom stereocenters. The van der Waals surface area contributed by atoms with Crippen LogP contribution in [0.5, 0.6) is 17.2 Å². The third kappa shape index (κ3) is 4.71. The Kier molecular flexibility index (Phi) is 6.49. The highest BCUT2D eigenvalue weighted by molar-refractivity contribution is 5.85. The minimum absolute atomic E-state index is 0.0970. The number of hydrogen-bond donors (Lipinski definition) is 3. The molecule has 34 heavy (non-hydrogen) atoms. The van der Waals surface area contributed by atoms with Gasteiger partial charge >= 0.3 is 5.63 Å². The molecule has 0 radical (unpaired) electrons. The monoisotopic (exact) mass is 463 g/mol. The highest BCUT2D eigenvalue weighted by Crippen LogP contribution is 2.38. The van der Waals surface area contributed by atoms with E-state index in [2.05, 4.69) is 5.32 Å². The Balaban J connectivity index is 1.71. The number of phenolic OH excluding ortho intramolecular Hbond substituents is 1. The Labute approximate surface area is 194 Å². The molecule has 1 amide bonds. The minimum atomic E-state index is -0.925. The molecular formula is C26H22FNO6. The Morgan fingerprint density at radius 2 is 1.82 bits per heavy atom. The quantitative estimate of drug-likeness (QED) is 0.355. The Morgan fingerprint density at radius 3 is 2.53 bits per heavy atom. The van der Waals surface area contributed by atoms with Crippen molar-refractivity contribution in [1.29, 1.82) is 0 Å². The van der Waals surface area contributed by atoms with Gasteiger partial charge in [-0.25, -0.2) is 9.18 Å². The zero-order chi connectivity index (χ0) is 24.2. The molecule has 0 saturated heterocycles. The first-order valence-electron chi connectivity index (χ1n) is 10.5. The number of carbonyl (C=O) groups is 1. The second-order valence-corrected chi connectivity index (χ2v) is 7.74. The van der Waals surface area contributed by atoms with Gasteiger partial charge in [0.2, 0.25) is 5.91 Å². The molecule has 1 aromatic heterocycles. The smallest absolute Gasteiger partial charge is 0.343 e. The number of ether oxygens (including phenoxy) is 1. The fraction of sp³-hybridized carbons (Fsp3) is 0.154. The molecule has 1 heterocycles. The molecule has 0 spiro atoms. The lowest BCUT2D eigenvalue weighted by atomic mass is 9.87. The van der Waals surface area contributed by atoms with Crippen LogP contribution in [0.2, 0.25) is 0 Å². The molecule has 174 valence electrons. The molecule has 3 aromatic carbocycles. The standard InChI is InChI=1S/C26H22FNO6/c1-33-22-11-8-16(12-20(22)29)19(13-23(30)28-14-15-6-9-17(27)10-7-15)24-25(31)18-4-2-3-5-21(18)34-26(24)32/h2-12,19,29,31H,13-14H2,1H3,(H,28,30). The van der Waals surface area contributed by atoms with Gasteiger partial charge in [-0.15, -0.1) is 0 Å². The first kappa shape index (κ1) is 22.8. The van der Waals surface area contributed by atoms with Gasteiger partial charge in [0.15, 0.2) is 11.5 Å². The zero-order valence-electron chi connectivity index (χ0n) is 18.2. The van der Waals surface area contributed by atoms with E-state index in [4.69, 9.17) is 9.15 Å².